The third-order valence-electron chi connectivity index (χ3n) is 5.09. The standard InChI is InChI=1S/C21H28N2/c1-4-15(2)22-14-20-11-12-21(23-16(20)3)19-10-9-17-7-5-6-8-18(17)13-19/h9-13,15,22H,4-8,14H2,1-3H3. The Morgan fingerprint density at radius 3 is 2.61 bits per heavy atom. The van der Waals surface area contributed by atoms with E-state index in [-0.39, 0.29) is 0 Å². The number of hydrogen-bond acceptors (Lipinski definition) is 2. The van der Waals surface area contributed by atoms with Gasteiger partial charge < -0.3 is 5.32 Å². The Hall–Kier alpha value is -1.67. The van der Waals surface area contributed by atoms with Crippen molar-refractivity contribution in [2.45, 2.75) is 65.5 Å². The zero-order chi connectivity index (χ0) is 16.2. The predicted molar refractivity (Wildman–Crippen MR) is 97.6 cm³/mol. The summed E-state index contributed by atoms with van der Waals surface area (Å²) in [5, 5.41) is 3.55. The highest BCUT2D eigenvalue weighted by molar-refractivity contribution is 5.62. The molecule has 1 aromatic carbocycles. The molecule has 1 aliphatic rings. The highest BCUT2D eigenvalue weighted by atomic mass is 14.9. The van der Waals surface area contributed by atoms with Crippen LogP contribution in [0.25, 0.3) is 11.3 Å². The van der Waals surface area contributed by atoms with Crippen LogP contribution in [0.5, 0.6) is 0 Å². The monoisotopic (exact) mass is 308 g/mol. The Kier molecular flexibility index (Phi) is 5.12. The zero-order valence-electron chi connectivity index (χ0n) is 14.7. The average molecular weight is 308 g/mol. The molecule has 1 aromatic heterocycles. The quantitative estimate of drug-likeness (QED) is 0.856. The maximum atomic E-state index is 4.86. The minimum atomic E-state index is 0.551. The molecule has 0 spiro atoms. The van der Waals surface area contributed by atoms with Crippen LogP contribution >= 0.6 is 0 Å². The van der Waals surface area contributed by atoms with Crippen LogP contribution in [-0.2, 0) is 19.4 Å². The van der Waals surface area contributed by atoms with E-state index in [1.54, 1.807) is 0 Å². The van der Waals surface area contributed by atoms with Gasteiger partial charge in [-0.3, -0.25) is 4.98 Å². The van der Waals surface area contributed by atoms with Crippen LogP contribution in [0.4, 0.5) is 0 Å². The molecule has 2 heteroatoms. The van der Waals surface area contributed by atoms with Gasteiger partial charge in [0.25, 0.3) is 0 Å². The Labute approximate surface area is 140 Å². The number of nitrogens with zero attached hydrogens (tertiary/aromatic N) is 1. The molecular weight excluding hydrogens is 280 g/mol. The summed E-state index contributed by atoms with van der Waals surface area (Å²) in [6.07, 6.45) is 6.27. The number of aromatic nitrogens is 1. The molecule has 0 saturated heterocycles. The molecule has 3 rings (SSSR count). The normalized spacial score (nSPS) is 15.3. The fourth-order valence-corrected chi connectivity index (χ4v) is 3.26. The summed E-state index contributed by atoms with van der Waals surface area (Å²) < 4.78 is 0. The van der Waals surface area contributed by atoms with Crippen molar-refractivity contribution in [1.82, 2.24) is 10.3 Å². The molecule has 0 aliphatic heterocycles. The highest BCUT2D eigenvalue weighted by Gasteiger charge is 2.11. The summed E-state index contributed by atoms with van der Waals surface area (Å²) in [7, 11) is 0. The smallest absolute Gasteiger partial charge is 0.0705 e. The summed E-state index contributed by atoms with van der Waals surface area (Å²) in [6, 6.07) is 11.8. The van der Waals surface area contributed by atoms with Crippen LogP contribution in [0.2, 0.25) is 0 Å². The number of pyridine rings is 1. The minimum absolute atomic E-state index is 0.551. The van der Waals surface area contributed by atoms with E-state index in [9.17, 15) is 0 Å². The van der Waals surface area contributed by atoms with Gasteiger partial charge in [0.15, 0.2) is 0 Å². The van der Waals surface area contributed by atoms with Crippen molar-refractivity contribution in [3.8, 4) is 11.3 Å². The van der Waals surface area contributed by atoms with Gasteiger partial charge in [-0.05, 0) is 74.8 Å². The van der Waals surface area contributed by atoms with E-state index in [1.807, 2.05) is 0 Å². The van der Waals surface area contributed by atoms with Gasteiger partial charge >= 0.3 is 0 Å². The van der Waals surface area contributed by atoms with E-state index in [1.165, 1.54) is 47.9 Å². The number of benzene rings is 1. The number of nitrogens with one attached hydrogen (secondary N) is 1. The molecule has 0 amide bonds. The van der Waals surface area contributed by atoms with Crippen LogP contribution < -0.4 is 5.32 Å². The molecule has 1 heterocycles. The van der Waals surface area contributed by atoms with E-state index < -0.39 is 0 Å². The molecule has 1 N–H and O–H groups in total. The number of hydrogen-bond donors (Lipinski definition) is 1. The van der Waals surface area contributed by atoms with Gasteiger partial charge in [-0.1, -0.05) is 25.1 Å². The van der Waals surface area contributed by atoms with Crippen molar-refractivity contribution in [2.24, 2.45) is 0 Å². The van der Waals surface area contributed by atoms with E-state index >= 15 is 0 Å². The first-order chi connectivity index (χ1) is 11.2. The lowest BCUT2D eigenvalue weighted by atomic mass is 9.90. The lowest BCUT2D eigenvalue weighted by Gasteiger charge is -2.17. The summed E-state index contributed by atoms with van der Waals surface area (Å²) in [5.74, 6) is 0. The first-order valence-electron chi connectivity index (χ1n) is 8.99. The summed E-state index contributed by atoms with van der Waals surface area (Å²) in [4.78, 5) is 4.86. The maximum Gasteiger partial charge on any atom is 0.0705 e. The SMILES string of the molecule is CCC(C)NCc1ccc(-c2ccc3c(c2)CCCC3)nc1C. The summed E-state index contributed by atoms with van der Waals surface area (Å²) in [6.45, 7) is 7.46. The van der Waals surface area contributed by atoms with Crippen LogP contribution in [0.3, 0.4) is 0 Å². The van der Waals surface area contributed by atoms with Gasteiger partial charge in [0.05, 0.1) is 5.69 Å². The summed E-state index contributed by atoms with van der Waals surface area (Å²) in [5.41, 5.74) is 7.85. The molecule has 2 aromatic rings. The maximum absolute atomic E-state index is 4.86. The minimum Gasteiger partial charge on any atom is -0.310 e. The van der Waals surface area contributed by atoms with E-state index in [0.717, 1.165) is 24.4 Å². The van der Waals surface area contributed by atoms with Gasteiger partial charge in [-0.25, -0.2) is 0 Å². The Bertz CT molecular complexity index is 676. The Morgan fingerprint density at radius 2 is 1.87 bits per heavy atom. The third-order valence-corrected chi connectivity index (χ3v) is 5.09. The fraction of sp³-hybridized carbons (Fsp3) is 0.476. The molecule has 2 nitrogen and oxygen atoms in total. The van der Waals surface area contributed by atoms with Crippen molar-refractivity contribution in [3.63, 3.8) is 0 Å². The second kappa shape index (κ2) is 7.27. The highest BCUT2D eigenvalue weighted by Crippen LogP contribution is 2.27. The van der Waals surface area contributed by atoms with Gasteiger partial charge in [0.2, 0.25) is 0 Å². The van der Waals surface area contributed by atoms with Gasteiger partial charge in [0, 0.05) is 23.8 Å². The second-order valence-electron chi connectivity index (χ2n) is 6.82. The molecule has 122 valence electrons. The Balaban J connectivity index is 1.79. The largest absolute Gasteiger partial charge is 0.310 e. The van der Waals surface area contributed by atoms with Crippen molar-refractivity contribution in [3.05, 3.63) is 52.7 Å². The summed E-state index contributed by atoms with van der Waals surface area (Å²) >= 11 is 0. The van der Waals surface area contributed by atoms with Crippen molar-refractivity contribution < 1.29 is 0 Å². The molecule has 0 radical (unpaired) electrons. The van der Waals surface area contributed by atoms with Crippen molar-refractivity contribution in [2.75, 3.05) is 0 Å². The zero-order valence-corrected chi connectivity index (χ0v) is 14.7. The molecule has 0 saturated carbocycles. The lowest BCUT2D eigenvalue weighted by molar-refractivity contribution is 0.532. The van der Waals surface area contributed by atoms with Gasteiger partial charge in [-0.2, -0.15) is 0 Å². The molecule has 23 heavy (non-hydrogen) atoms. The van der Waals surface area contributed by atoms with E-state index in [0.29, 0.717) is 6.04 Å². The number of aryl methyl sites for hydroxylation is 3. The van der Waals surface area contributed by atoms with Crippen molar-refractivity contribution >= 4 is 0 Å². The van der Waals surface area contributed by atoms with E-state index in [2.05, 4.69) is 56.4 Å². The van der Waals surface area contributed by atoms with Gasteiger partial charge in [0.1, 0.15) is 0 Å². The molecular formula is C21H28N2. The molecule has 1 atom stereocenters. The first-order valence-corrected chi connectivity index (χ1v) is 8.99. The lowest BCUT2D eigenvalue weighted by Crippen LogP contribution is -2.24. The van der Waals surface area contributed by atoms with Gasteiger partial charge in [-0.15, -0.1) is 0 Å². The van der Waals surface area contributed by atoms with E-state index in [4.69, 9.17) is 4.98 Å². The topological polar surface area (TPSA) is 24.9 Å². The average Bonchev–Trinajstić information content (AvgIpc) is 2.59. The van der Waals surface area contributed by atoms with Crippen LogP contribution in [-0.4, -0.2) is 11.0 Å². The molecule has 1 aliphatic carbocycles. The molecule has 0 bridgehead atoms. The fourth-order valence-electron chi connectivity index (χ4n) is 3.26. The van der Waals surface area contributed by atoms with Crippen LogP contribution in [0.15, 0.2) is 30.3 Å². The Morgan fingerprint density at radius 1 is 1.09 bits per heavy atom. The first kappa shape index (κ1) is 16.2. The van der Waals surface area contributed by atoms with Crippen LogP contribution in [0, 0.1) is 6.92 Å². The van der Waals surface area contributed by atoms with Crippen LogP contribution in [0.1, 0.15) is 55.5 Å². The van der Waals surface area contributed by atoms with Crippen molar-refractivity contribution in [1.29, 1.82) is 0 Å². The number of rotatable bonds is 5. The third kappa shape index (κ3) is 3.81. The number of fused-ring (bicyclic) bond motifs is 1. The molecule has 0 fully saturated rings. The second-order valence-corrected chi connectivity index (χ2v) is 6.82. The predicted octanol–water partition coefficient (Wildman–Crippen LogP) is 4.82. The molecule has 1 unspecified atom stereocenters.